The van der Waals surface area contributed by atoms with Crippen LogP contribution < -0.4 is 0 Å². The number of halogens is 7. The molecular formula is C10HBr7O3S. The van der Waals surface area contributed by atoms with Gasteiger partial charge in [0, 0.05) is 37.6 Å². The predicted octanol–water partition coefficient (Wildman–Crippen LogP) is 7.42. The van der Waals surface area contributed by atoms with Gasteiger partial charge in [0.15, 0.2) is 0 Å². The smallest absolute Gasteiger partial charge is 0.282 e. The van der Waals surface area contributed by atoms with Crippen LogP contribution in [0.3, 0.4) is 0 Å². The standard InChI is InChI=1S/C10HBr7O3S/c11-3-1-2(5(13)7(15)6(3)14)10(21(18,19)20)9(17)8(16)4(1)12/h(H,18,19,20). The SMILES string of the molecule is O=S(=O)(O)c1c(Br)c(Br)c(Br)c2c(Br)c(Br)c(Br)c(Br)c12. The molecule has 0 aliphatic carbocycles. The van der Waals surface area contributed by atoms with Gasteiger partial charge in [-0.2, -0.15) is 8.42 Å². The van der Waals surface area contributed by atoms with Crippen LogP contribution in [0.4, 0.5) is 0 Å². The fourth-order valence-electron chi connectivity index (χ4n) is 1.71. The number of benzene rings is 2. The molecule has 0 spiro atoms. The first-order chi connectivity index (χ1) is 9.50. The van der Waals surface area contributed by atoms with Crippen molar-refractivity contribution in [2.75, 3.05) is 0 Å². The molecule has 2 aromatic rings. The third kappa shape index (κ3) is 3.24. The van der Waals surface area contributed by atoms with Crippen molar-refractivity contribution in [2.24, 2.45) is 0 Å². The second-order valence-electron chi connectivity index (χ2n) is 3.75. The summed E-state index contributed by atoms with van der Waals surface area (Å²) in [5.41, 5.74) is 0. The van der Waals surface area contributed by atoms with Gasteiger partial charge in [-0.25, -0.2) is 0 Å². The van der Waals surface area contributed by atoms with Crippen molar-refractivity contribution in [1.29, 1.82) is 0 Å². The summed E-state index contributed by atoms with van der Waals surface area (Å²) in [5.74, 6) is 0. The fourth-order valence-corrected chi connectivity index (χ4v) is 7.81. The highest BCUT2D eigenvalue weighted by molar-refractivity contribution is 9.15. The number of hydrogen-bond donors (Lipinski definition) is 1. The first kappa shape index (κ1) is 19.3. The van der Waals surface area contributed by atoms with Gasteiger partial charge in [-0.15, -0.1) is 0 Å². The van der Waals surface area contributed by atoms with Crippen molar-refractivity contribution in [1.82, 2.24) is 0 Å². The van der Waals surface area contributed by atoms with Crippen LogP contribution >= 0.6 is 112 Å². The van der Waals surface area contributed by atoms with Crippen molar-refractivity contribution >= 4 is 132 Å². The summed E-state index contributed by atoms with van der Waals surface area (Å²) in [6.07, 6.45) is 0. The van der Waals surface area contributed by atoms with Crippen LogP contribution in [0.25, 0.3) is 10.8 Å². The van der Waals surface area contributed by atoms with E-state index in [0.717, 1.165) is 0 Å². The minimum absolute atomic E-state index is 0.228. The largest absolute Gasteiger partial charge is 0.296 e. The zero-order valence-corrected chi connectivity index (χ0v) is 21.2. The van der Waals surface area contributed by atoms with Crippen molar-refractivity contribution in [3.8, 4) is 0 Å². The first-order valence-electron chi connectivity index (χ1n) is 4.79. The van der Waals surface area contributed by atoms with E-state index in [4.69, 9.17) is 0 Å². The molecule has 11 heteroatoms. The molecular weight excluding hydrogens is 760 g/mol. The lowest BCUT2D eigenvalue weighted by molar-refractivity contribution is 0.483. The Hall–Kier alpha value is 1.97. The monoisotopic (exact) mass is 753 g/mol. The molecule has 0 unspecified atom stereocenters. The molecule has 2 rings (SSSR count). The number of rotatable bonds is 1. The summed E-state index contributed by atoms with van der Waals surface area (Å²) in [7, 11) is -4.45. The highest BCUT2D eigenvalue weighted by Gasteiger charge is 2.28. The van der Waals surface area contributed by atoms with E-state index < -0.39 is 10.1 Å². The van der Waals surface area contributed by atoms with Crippen LogP contribution in [-0.4, -0.2) is 13.0 Å². The molecule has 21 heavy (non-hydrogen) atoms. The summed E-state index contributed by atoms with van der Waals surface area (Å²) in [4.78, 5) is -0.228. The zero-order valence-electron chi connectivity index (χ0n) is 9.32. The highest BCUT2D eigenvalue weighted by Crippen LogP contribution is 2.52. The Morgan fingerprint density at radius 2 is 0.905 bits per heavy atom. The van der Waals surface area contributed by atoms with Gasteiger partial charge in [-0.05, 0) is 112 Å². The molecule has 0 saturated carbocycles. The molecule has 0 aliphatic rings. The maximum atomic E-state index is 11.8. The van der Waals surface area contributed by atoms with E-state index in [1.54, 1.807) is 0 Å². The molecule has 0 radical (unpaired) electrons. The second-order valence-corrected chi connectivity index (χ2v) is 10.7. The molecule has 0 amide bonds. The van der Waals surface area contributed by atoms with Crippen molar-refractivity contribution in [3.63, 3.8) is 0 Å². The summed E-state index contributed by atoms with van der Waals surface area (Å²) < 4.78 is 37.0. The summed E-state index contributed by atoms with van der Waals surface area (Å²) in [5, 5.41) is 0.918. The Morgan fingerprint density at radius 3 is 1.29 bits per heavy atom. The molecule has 114 valence electrons. The quantitative estimate of drug-likeness (QED) is 0.187. The molecule has 0 aromatic heterocycles. The Kier molecular flexibility index (Phi) is 6.16. The lowest BCUT2D eigenvalue weighted by Gasteiger charge is -2.16. The van der Waals surface area contributed by atoms with E-state index in [-0.39, 0.29) is 9.37 Å². The first-order valence-corrected chi connectivity index (χ1v) is 11.8. The third-order valence-electron chi connectivity index (χ3n) is 2.56. The Bertz CT molecular complexity index is 884. The minimum Gasteiger partial charge on any atom is -0.282 e. The van der Waals surface area contributed by atoms with Crippen LogP contribution in [-0.2, 0) is 10.1 Å². The summed E-state index contributed by atoms with van der Waals surface area (Å²) >= 11 is 23.6. The average Bonchev–Trinajstić information content (AvgIpc) is 2.38. The third-order valence-corrected chi connectivity index (χ3v) is 12.0. The topological polar surface area (TPSA) is 54.4 Å². The van der Waals surface area contributed by atoms with Gasteiger partial charge < -0.3 is 0 Å². The van der Waals surface area contributed by atoms with Gasteiger partial charge in [-0.1, -0.05) is 0 Å². The van der Waals surface area contributed by atoms with Gasteiger partial charge >= 0.3 is 0 Å². The zero-order chi connectivity index (χ0) is 16.3. The van der Waals surface area contributed by atoms with Crippen LogP contribution in [0.1, 0.15) is 0 Å². The van der Waals surface area contributed by atoms with Gasteiger partial charge in [-0.3, -0.25) is 4.55 Å². The highest BCUT2D eigenvalue weighted by atomic mass is 79.9. The normalized spacial score (nSPS) is 12.2. The molecule has 0 saturated heterocycles. The molecule has 0 fully saturated rings. The Morgan fingerprint density at radius 1 is 0.571 bits per heavy atom. The predicted molar refractivity (Wildman–Crippen MR) is 108 cm³/mol. The van der Waals surface area contributed by atoms with Crippen molar-refractivity contribution < 1.29 is 13.0 Å². The number of hydrogen-bond acceptors (Lipinski definition) is 2. The number of fused-ring (bicyclic) bond motifs is 1. The Labute approximate surface area is 179 Å². The molecule has 0 atom stereocenters. The Balaban J connectivity index is 3.35. The molecule has 1 N–H and O–H groups in total. The van der Waals surface area contributed by atoms with Crippen LogP contribution in [0.15, 0.2) is 36.2 Å². The van der Waals surface area contributed by atoms with Crippen LogP contribution in [0.5, 0.6) is 0 Å². The van der Waals surface area contributed by atoms with Gasteiger partial charge in [0.2, 0.25) is 0 Å². The van der Waals surface area contributed by atoms with Crippen molar-refractivity contribution in [2.45, 2.75) is 4.90 Å². The average molecular weight is 761 g/mol. The minimum atomic E-state index is -4.45. The van der Waals surface area contributed by atoms with E-state index in [0.29, 0.717) is 37.6 Å². The maximum Gasteiger partial charge on any atom is 0.296 e. The molecule has 0 aliphatic heterocycles. The molecule has 2 aromatic carbocycles. The van der Waals surface area contributed by atoms with Crippen molar-refractivity contribution in [3.05, 3.63) is 31.3 Å². The fraction of sp³-hybridized carbons (Fsp3) is 0. The lowest BCUT2D eigenvalue weighted by atomic mass is 10.1. The van der Waals surface area contributed by atoms with E-state index >= 15 is 0 Å². The summed E-state index contributed by atoms with van der Waals surface area (Å²) in [6, 6.07) is 0. The van der Waals surface area contributed by atoms with Gasteiger partial charge in [0.25, 0.3) is 10.1 Å². The van der Waals surface area contributed by atoms with Gasteiger partial charge in [0.05, 0.1) is 4.47 Å². The van der Waals surface area contributed by atoms with E-state index in [9.17, 15) is 13.0 Å². The van der Waals surface area contributed by atoms with E-state index in [2.05, 4.69) is 112 Å². The second kappa shape index (κ2) is 6.70. The molecule has 0 heterocycles. The van der Waals surface area contributed by atoms with Crippen LogP contribution in [0, 0.1) is 0 Å². The van der Waals surface area contributed by atoms with E-state index in [1.165, 1.54) is 0 Å². The van der Waals surface area contributed by atoms with E-state index in [1.807, 2.05) is 0 Å². The molecule has 0 bridgehead atoms. The lowest BCUT2D eigenvalue weighted by Crippen LogP contribution is -2.03. The summed E-state index contributed by atoms with van der Waals surface area (Å²) in [6.45, 7) is 0. The molecule has 3 nitrogen and oxygen atoms in total. The maximum absolute atomic E-state index is 11.8. The van der Waals surface area contributed by atoms with Crippen LogP contribution in [0.2, 0.25) is 0 Å². The van der Waals surface area contributed by atoms with Gasteiger partial charge in [0.1, 0.15) is 4.90 Å².